The highest BCUT2D eigenvalue weighted by atomic mass is 32.2. The van der Waals surface area contributed by atoms with Crippen LogP contribution in [0.25, 0.3) is 0 Å². The largest absolute Gasteiger partial charge is 0.351 e. The van der Waals surface area contributed by atoms with Crippen molar-refractivity contribution in [2.45, 2.75) is 32.1 Å². The van der Waals surface area contributed by atoms with Crippen LogP contribution in [0.4, 0.5) is 0 Å². The number of carbonyl (C=O) groups excluding carboxylic acids is 1. The molecule has 130 valence electrons. The van der Waals surface area contributed by atoms with E-state index in [1.807, 2.05) is 6.92 Å². The molecule has 0 fully saturated rings. The molecular formula is C16H27N3O3S. The lowest BCUT2D eigenvalue weighted by Crippen LogP contribution is -2.32. The number of sulfonamides is 1. The van der Waals surface area contributed by atoms with Gasteiger partial charge >= 0.3 is 0 Å². The van der Waals surface area contributed by atoms with Gasteiger partial charge in [-0.25, -0.2) is 12.7 Å². The van der Waals surface area contributed by atoms with Gasteiger partial charge in [0.15, 0.2) is 0 Å². The molecule has 1 aromatic carbocycles. The van der Waals surface area contributed by atoms with Crippen LogP contribution in [0.2, 0.25) is 0 Å². The Morgan fingerprint density at radius 2 is 1.78 bits per heavy atom. The van der Waals surface area contributed by atoms with Crippen LogP contribution in [0.15, 0.2) is 17.0 Å². The maximum Gasteiger partial charge on any atom is 0.251 e. The van der Waals surface area contributed by atoms with Crippen molar-refractivity contribution in [2.24, 2.45) is 0 Å². The molecule has 0 heterocycles. The number of nitrogens with one attached hydrogen (secondary N) is 2. The van der Waals surface area contributed by atoms with Crippen LogP contribution in [0, 0.1) is 13.8 Å². The monoisotopic (exact) mass is 341 g/mol. The van der Waals surface area contributed by atoms with Gasteiger partial charge in [0.2, 0.25) is 10.0 Å². The molecule has 1 rings (SSSR count). The number of carbonyl (C=O) groups is 1. The first-order valence-corrected chi connectivity index (χ1v) is 9.18. The summed E-state index contributed by atoms with van der Waals surface area (Å²) in [5.74, 6) is -0.262. The van der Waals surface area contributed by atoms with E-state index in [-0.39, 0.29) is 10.8 Å². The first-order chi connectivity index (χ1) is 10.7. The highest BCUT2D eigenvalue weighted by Crippen LogP contribution is 2.23. The maximum absolute atomic E-state index is 12.4. The van der Waals surface area contributed by atoms with Crippen molar-refractivity contribution in [3.05, 3.63) is 28.8 Å². The molecule has 6 nitrogen and oxygen atoms in total. The number of rotatable bonds is 8. The standard InChI is InChI=1S/C16H27N3O3S/c1-6-7-17-8-9-18-16(20)14-10-12(2)13(3)15(11-14)23(21,22)19(4)5/h10-11,17H,6-9H2,1-5H3,(H,18,20). The van der Waals surface area contributed by atoms with Crippen molar-refractivity contribution in [1.29, 1.82) is 0 Å². The molecule has 0 spiro atoms. The van der Waals surface area contributed by atoms with Gasteiger partial charge in [-0.3, -0.25) is 4.79 Å². The van der Waals surface area contributed by atoms with Gasteiger partial charge in [0.1, 0.15) is 0 Å². The topological polar surface area (TPSA) is 78.5 Å². The van der Waals surface area contributed by atoms with E-state index >= 15 is 0 Å². The van der Waals surface area contributed by atoms with E-state index in [0.717, 1.165) is 22.8 Å². The first kappa shape index (κ1) is 19.6. The minimum atomic E-state index is -3.58. The second-order valence-electron chi connectivity index (χ2n) is 5.71. The quantitative estimate of drug-likeness (QED) is 0.698. The molecule has 0 aromatic heterocycles. The molecule has 0 saturated heterocycles. The maximum atomic E-state index is 12.4. The molecule has 0 saturated carbocycles. The van der Waals surface area contributed by atoms with Crippen molar-refractivity contribution in [2.75, 3.05) is 33.7 Å². The van der Waals surface area contributed by atoms with Gasteiger partial charge in [-0.1, -0.05) is 6.92 Å². The Labute approximate surface area is 139 Å². The van der Waals surface area contributed by atoms with Crippen molar-refractivity contribution in [3.8, 4) is 0 Å². The van der Waals surface area contributed by atoms with Gasteiger partial charge in [-0.15, -0.1) is 0 Å². The molecule has 0 aliphatic carbocycles. The van der Waals surface area contributed by atoms with E-state index < -0.39 is 10.0 Å². The Morgan fingerprint density at radius 1 is 1.13 bits per heavy atom. The average Bonchev–Trinajstić information content (AvgIpc) is 2.49. The summed E-state index contributed by atoms with van der Waals surface area (Å²) in [6.07, 6.45) is 1.04. The Hall–Kier alpha value is -1.44. The van der Waals surface area contributed by atoms with Gasteiger partial charge in [0.05, 0.1) is 4.90 Å². The predicted molar refractivity (Wildman–Crippen MR) is 92.3 cm³/mol. The summed E-state index contributed by atoms with van der Waals surface area (Å²) >= 11 is 0. The fraction of sp³-hybridized carbons (Fsp3) is 0.562. The lowest BCUT2D eigenvalue weighted by molar-refractivity contribution is 0.0953. The molecule has 2 N–H and O–H groups in total. The second kappa shape index (κ2) is 8.42. The highest BCUT2D eigenvalue weighted by molar-refractivity contribution is 7.89. The van der Waals surface area contributed by atoms with Crippen LogP contribution in [-0.4, -0.2) is 52.4 Å². The molecule has 1 amide bonds. The second-order valence-corrected chi connectivity index (χ2v) is 7.83. The van der Waals surface area contributed by atoms with E-state index in [4.69, 9.17) is 0 Å². The minimum absolute atomic E-state index is 0.178. The molecule has 0 aliphatic heterocycles. The molecule has 0 bridgehead atoms. The zero-order valence-corrected chi connectivity index (χ0v) is 15.4. The van der Waals surface area contributed by atoms with Gasteiger partial charge < -0.3 is 10.6 Å². The van der Waals surface area contributed by atoms with E-state index in [9.17, 15) is 13.2 Å². The van der Waals surface area contributed by atoms with E-state index in [2.05, 4.69) is 17.6 Å². The van der Waals surface area contributed by atoms with Crippen molar-refractivity contribution in [3.63, 3.8) is 0 Å². The zero-order valence-electron chi connectivity index (χ0n) is 14.6. The minimum Gasteiger partial charge on any atom is -0.351 e. The third-order valence-corrected chi connectivity index (χ3v) is 5.60. The van der Waals surface area contributed by atoms with Crippen LogP contribution in [-0.2, 0) is 10.0 Å². The molecule has 0 atom stereocenters. The third-order valence-electron chi connectivity index (χ3n) is 3.65. The Morgan fingerprint density at radius 3 is 2.35 bits per heavy atom. The smallest absolute Gasteiger partial charge is 0.251 e. The third kappa shape index (κ3) is 5.02. The summed E-state index contributed by atoms with van der Waals surface area (Å²) in [6.45, 7) is 7.73. The van der Waals surface area contributed by atoms with E-state index in [0.29, 0.717) is 24.2 Å². The summed E-state index contributed by atoms with van der Waals surface area (Å²) in [6, 6.07) is 3.17. The van der Waals surface area contributed by atoms with Crippen LogP contribution in [0.5, 0.6) is 0 Å². The highest BCUT2D eigenvalue weighted by Gasteiger charge is 2.22. The van der Waals surface area contributed by atoms with Gasteiger partial charge in [0, 0.05) is 32.7 Å². The summed E-state index contributed by atoms with van der Waals surface area (Å²) in [4.78, 5) is 12.4. The van der Waals surface area contributed by atoms with Crippen LogP contribution in [0.3, 0.4) is 0 Å². The molecule has 0 radical (unpaired) electrons. The fourth-order valence-corrected chi connectivity index (χ4v) is 3.31. The normalized spacial score (nSPS) is 11.7. The molecule has 0 aliphatic rings. The van der Waals surface area contributed by atoms with Gasteiger partial charge in [0.25, 0.3) is 5.91 Å². The molecule has 7 heteroatoms. The van der Waals surface area contributed by atoms with E-state index in [1.165, 1.54) is 20.2 Å². The van der Waals surface area contributed by atoms with Crippen LogP contribution >= 0.6 is 0 Å². The average molecular weight is 341 g/mol. The van der Waals surface area contributed by atoms with E-state index in [1.54, 1.807) is 13.0 Å². The van der Waals surface area contributed by atoms with Gasteiger partial charge in [-0.05, 0) is 50.1 Å². The lowest BCUT2D eigenvalue weighted by atomic mass is 10.1. The number of hydrogen-bond acceptors (Lipinski definition) is 4. The number of hydrogen-bond donors (Lipinski definition) is 2. The lowest BCUT2D eigenvalue weighted by Gasteiger charge is -2.16. The summed E-state index contributed by atoms with van der Waals surface area (Å²) < 4.78 is 26.0. The van der Waals surface area contributed by atoms with Crippen molar-refractivity contribution >= 4 is 15.9 Å². The SMILES string of the molecule is CCCNCCNC(=O)c1cc(C)c(C)c(S(=O)(=O)N(C)C)c1. The Balaban J connectivity index is 2.97. The summed E-state index contributed by atoms with van der Waals surface area (Å²) in [7, 11) is -0.613. The fourth-order valence-electron chi connectivity index (χ4n) is 2.09. The van der Waals surface area contributed by atoms with Crippen LogP contribution < -0.4 is 10.6 Å². The van der Waals surface area contributed by atoms with Crippen molar-refractivity contribution in [1.82, 2.24) is 14.9 Å². The first-order valence-electron chi connectivity index (χ1n) is 7.74. The predicted octanol–water partition coefficient (Wildman–Crippen LogP) is 1.28. The van der Waals surface area contributed by atoms with Crippen LogP contribution in [0.1, 0.15) is 34.8 Å². The molecule has 1 aromatic rings. The number of amides is 1. The molecule has 0 unspecified atom stereocenters. The van der Waals surface area contributed by atoms with Gasteiger partial charge in [-0.2, -0.15) is 0 Å². The summed E-state index contributed by atoms with van der Waals surface area (Å²) in [5.41, 5.74) is 1.81. The number of benzene rings is 1. The zero-order chi connectivity index (χ0) is 17.6. The molecular weight excluding hydrogens is 314 g/mol. The van der Waals surface area contributed by atoms with Crippen molar-refractivity contribution < 1.29 is 13.2 Å². The summed E-state index contributed by atoms with van der Waals surface area (Å²) in [5, 5.41) is 6.00. The number of nitrogens with zero attached hydrogens (tertiary/aromatic N) is 1. The Kier molecular flexibility index (Phi) is 7.18. The number of aryl methyl sites for hydroxylation is 1. The molecule has 23 heavy (non-hydrogen) atoms. The Bertz CT molecular complexity index is 655.